The predicted molar refractivity (Wildman–Crippen MR) is 207 cm³/mol. The van der Waals surface area contributed by atoms with Crippen molar-refractivity contribution in [2.75, 3.05) is 0 Å². The maximum Gasteiger partial charge on any atom is 0.164 e. The van der Waals surface area contributed by atoms with Crippen LogP contribution in [0.25, 0.3) is 100 Å². The molecule has 51 heavy (non-hydrogen) atoms. The van der Waals surface area contributed by atoms with Gasteiger partial charge in [-0.3, -0.25) is 0 Å². The first kappa shape index (κ1) is 29.0. The van der Waals surface area contributed by atoms with Crippen molar-refractivity contribution in [2.24, 2.45) is 0 Å². The summed E-state index contributed by atoms with van der Waals surface area (Å²) < 4.78 is 6.55. The Morgan fingerprint density at radius 2 is 0.824 bits per heavy atom. The van der Waals surface area contributed by atoms with E-state index in [1.54, 1.807) is 0 Å². The van der Waals surface area contributed by atoms with Gasteiger partial charge < -0.3 is 4.42 Å². The fraction of sp³-hybridized carbons (Fsp3) is 0. The number of pyridine rings is 1. The van der Waals surface area contributed by atoms with Gasteiger partial charge in [0.15, 0.2) is 17.5 Å². The minimum Gasteiger partial charge on any atom is -0.455 e. The van der Waals surface area contributed by atoms with E-state index in [4.69, 9.17) is 24.4 Å². The van der Waals surface area contributed by atoms with Gasteiger partial charge in [-0.05, 0) is 40.1 Å². The average molecular weight is 653 g/mol. The Kier molecular flexibility index (Phi) is 6.74. The minimum absolute atomic E-state index is 0.606. The van der Waals surface area contributed by atoms with E-state index < -0.39 is 0 Å². The van der Waals surface area contributed by atoms with Crippen molar-refractivity contribution >= 4 is 43.6 Å². The second-order valence-electron chi connectivity index (χ2n) is 12.7. The molecule has 5 heteroatoms. The van der Waals surface area contributed by atoms with Crippen LogP contribution in [0.1, 0.15) is 0 Å². The van der Waals surface area contributed by atoms with Crippen molar-refractivity contribution in [1.82, 2.24) is 19.9 Å². The van der Waals surface area contributed by atoms with E-state index in [2.05, 4.69) is 115 Å². The number of hydrogen-bond acceptors (Lipinski definition) is 5. The van der Waals surface area contributed by atoms with Crippen molar-refractivity contribution in [2.45, 2.75) is 0 Å². The van der Waals surface area contributed by atoms with Crippen LogP contribution in [-0.4, -0.2) is 19.9 Å². The lowest BCUT2D eigenvalue weighted by molar-refractivity contribution is 0.672. The van der Waals surface area contributed by atoms with Gasteiger partial charge >= 0.3 is 0 Å². The zero-order valence-corrected chi connectivity index (χ0v) is 27.4. The summed E-state index contributed by atoms with van der Waals surface area (Å²) in [4.78, 5) is 20.2. The van der Waals surface area contributed by atoms with Gasteiger partial charge in [-0.15, -0.1) is 0 Å². The molecule has 0 saturated carbocycles. The van der Waals surface area contributed by atoms with Crippen LogP contribution in [0.2, 0.25) is 0 Å². The molecule has 0 fully saturated rings. The maximum atomic E-state index is 6.55. The highest BCUT2D eigenvalue weighted by atomic mass is 16.3. The first-order valence-corrected chi connectivity index (χ1v) is 17.0. The highest BCUT2D eigenvalue weighted by Crippen LogP contribution is 2.41. The Hall–Kier alpha value is -6.98. The van der Waals surface area contributed by atoms with Crippen LogP contribution < -0.4 is 0 Å². The van der Waals surface area contributed by atoms with E-state index in [0.717, 1.165) is 77.1 Å². The van der Waals surface area contributed by atoms with Crippen LogP contribution in [0, 0.1) is 0 Å². The fourth-order valence-electron chi connectivity index (χ4n) is 6.93. The van der Waals surface area contributed by atoms with E-state index in [-0.39, 0.29) is 0 Å². The molecule has 0 spiro atoms. The van der Waals surface area contributed by atoms with Gasteiger partial charge in [-0.1, -0.05) is 152 Å². The van der Waals surface area contributed by atoms with Gasteiger partial charge in [-0.2, -0.15) is 0 Å². The van der Waals surface area contributed by atoms with Crippen LogP contribution in [0.4, 0.5) is 0 Å². The molecule has 0 N–H and O–H groups in total. The lowest BCUT2D eigenvalue weighted by Gasteiger charge is -2.11. The third kappa shape index (κ3) is 5.11. The molecule has 0 atom stereocenters. The molecular weight excluding hydrogens is 625 g/mol. The molecule has 5 nitrogen and oxygen atoms in total. The zero-order chi connectivity index (χ0) is 33.7. The Bertz CT molecular complexity index is 2880. The van der Waals surface area contributed by atoms with Gasteiger partial charge in [0.05, 0.1) is 16.6 Å². The molecule has 0 amide bonds. The SMILES string of the molecule is c1ccc(-c2ccc(-c3nc(-c4ccccc4)nc(-c4ccc(-c5nc6cc7ccccc7cc6c6oc7ccccc7c56)cc4)n3)cc2)cc1. The number of para-hydroxylation sites is 1. The molecule has 3 aromatic heterocycles. The summed E-state index contributed by atoms with van der Waals surface area (Å²) in [6.07, 6.45) is 0. The standard InChI is InChI=1S/C46H28N4O/c1-3-11-29(12-4-1)30-19-23-33(24-20-30)45-48-44(32-13-5-2-6-14-32)49-46(50-45)34-25-21-31(22-26-34)42-41-37-17-9-10-18-40(37)51-43(41)38-27-35-15-7-8-16-36(35)28-39(38)47-42/h1-28H. The lowest BCUT2D eigenvalue weighted by atomic mass is 9.99. The summed E-state index contributed by atoms with van der Waals surface area (Å²) in [7, 11) is 0. The first-order valence-electron chi connectivity index (χ1n) is 17.0. The second kappa shape index (κ2) is 11.9. The maximum absolute atomic E-state index is 6.55. The third-order valence-electron chi connectivity index (χ3n) is 9.51. The van der Waals surface area contributed by atoms with Crippen LogP contribution in [0.3, 0.4) is 0 Å². The summed E-state index contributed by atoms with van der Waals surface area (Å²) in [5.41, 5.74) is 9.50. The summed E-state index contributed by atoms with van der Waals surface area (Å²) in [6.45, 7) is 0. The molecule has 7 aromatic carbocycles. The average Bonchev–Trinajstić information content (AvgIpc) is 3.61. The molecule has 10 rings (SSSR count). The third-order valence-corrected chi connectivity index (χ3v) is 9.51. The second-order valence-corrected chi connectivity index (χ2v) is 12.7. The summed E-state index contributed by atoms with van der Waals surface area (Å²) in [6, 6.07) is 58.1. The summed E-state index contributed by atoms with van der Waals surface area (Å²) >= 11 is 0. The van der Waals surface area contributed by atoms with Crippen molar-refractivity contribution in [3.05, 3.63) is 170 Å². The number of nitrogens with zero attached hydrogens (tertiary/aromatic N) is 4. The zero-order valence-electron chi connectivity index (χ0n) is 27.4. The molecule has 0 aliphatic rings. The molecule has 0 aliphatic heterocycles. The van der Waals surface area contributed by atoms with Crippen molar-refractivity contribution < 1.29 is 4.42 Å². The topological polar surface area (TPSA) is 64.7 Å². The van der Waals surface area contributed by atoms with E-state index in [1.165, 1.54) is 5.56 Å². The summed E-state index contributed by atoms with van der Waals surface area (Å²) in [5.74, 6) is 1.86. The van der Waals surface area contributed by atoms with E-state index in [9.17, 15) is 0 Å². The first-order chi connectivity index (χ1) is 25.2. The van der Waals surface area contributed by atoms with Gasteiger partial charge in [-0.25, -0.2) is 19.9 Å². The normalized spacial score (nSPS) is 11.5. The molecule has 0 radical (unpaired) electrons. The molecule has 3 heterocycles. The predicted octanol–water partition coefficient (Wildman–Crippen LogP) is 11.8. The number of benzene rings is 7. The number of hydrogen-bond donors (Lipinski definition) is 0. The number of aromatic nitrogens is 4. The van der Waals surface area contributed by atoms with E-state index >= 15 is 0 Å². The Morgan fingerprint density at radius 1 is 0.353 bits per heavy atom. The molecule has 0 unspecified atom stereocenters. The molecule has 238 valence electrons. The minimum atomic E-state index is 0.606. The lowest BCUT2D eigenvalue weighted by Crippen LogP contribution is -2.00. The van der Waals surface area contributed by atoms with Crippen LogP contribution in [0.5, 0.6) is 0 Å². The number of rotatable bonds is 5. The van der Waals surface area contributed by atoms with Crippen LogP contribution in [-0.2, 0) is 0 Å². The van der Waals surface area contributed by atoms with E-state index in [0.29, 0.717) is 17.5 Å². The molecule has 0 bridgehead atoms. The highest BCUT2D eigenvalue weighted by molar-refractivity contribution is 6.20. The monoisotopic (exact) mass is 652 g/mol. The van der Waals surface area contributed by atoms with Crippen LogP contribution >= 0.6 is 0 Å². The van der Waals surface area contributed by atoms with Gasteiger partial charge in [0.25, 0.3) is 0 Å². The molecule has 10 aromatic rings. The highest BCUT2D eigenvalue weighted by Gasteiger charge is 2.19. The Labute approximate surface area is 293 Å². The Balaban J connectivity index is 1.10. The largest absolute Gasteiger partial charge is 0.455 e. The van der Waals surface area contributed by atoms with Crippen molar-refractivity contribution in [3.63, 3.8) is 0 Å². The number of furan rings is 1. The fourth-order valence-corrected chi connectivity index (χ4v) is 6.93. The van der Waals surface area contributed by atoms with Crippen molar-refractivity contribution in [1.29, 1.82) is 0 Å². The number of fused-ring (bicyclic) bond motifs is 6. The van der Waals surface area contributed by atoms with Crippen LogP contribution in [0.15, 0.2) is 174 Å². The quantitative estimate of drug-likeness (QED) is 0.173. The van der Waals surface area contributed by atoms with Crippen molar-refractivity contribution in [3.8, 4) is 56.5 Å². The molecular formula is C46H28N4O. The Morgan fingerprint density at radius 3 is 1.47 bits per heavy atom. The van der Waals surface area contributed by atoms with E-state index in [1.807, 2.05) is 54.6 Å². The van der Waals surface area contributed by atoms with Gasteiger partial charge in [0.1, 0.15) is 11.2 Å². The molecule has 0 aliphatic carbocycles. The smallest absolute Gasteiger partial charge is 0.164 e. The van der Waals surface area contributed by atoms with Gasteiger partial charge in [0.2, 0.25) is 0 Å². The van der Waals surface area contributed by atoms with Gasteiger partial charge in [0, 0.05) is 33.0 Å². The molecule has 0 saturated heterocycles. The summed E-state index contributed by atoms with van der Waals surface area (Å²) in [5, 5.41) is 5.35.